The molecule has 0 aliphatic carbocycles. The van der Waals surface area contributed by atoms with Gasteiger partial charge < -0.3 is 25.3 Å². The summed E-state index contributed by atoms with van der Waals surface area (Å²) in [7, 11) is 0. The number of nitrogens with two attached hydrogens (primary N) is 1. The van der Waals surface area contributed by atoms with E-state index in [1.165, 1.54) is 0 Å². The van der Waals surface area contributed by atoms with Crippen LogP contribution in [0.2, 0.25) is 0 Å². The molecule has 1 atom stereocenters. The first kappa shape index (κ1) is 22.1. The van der Waals surface area contributed by atoms with Gasteiger partial charge in [0.15, 0.2) is 0 Å². The van der Waals surface area contributed by atoms with Crippen molar-refractivity contribution in [2.45, 2.75) is 64.8 Å². The Morgan fingerprint density at radius 3 is 2.30 bits per heavy atom. The van der Waals surface area contributed by atoms with Crippen molar-refractivity contribution in [3.8, 4) is 0 Å². The van der Waals surface area contributed by atoms with Crippen LogP contribution in [-0.2, 0) is 14.2 Å². The Morgan fingerprint density at radius 2 is 1.74 bits per heavy atom. The van der Waals surface area contributed by atoms with Crippen molar-refractivity contribution >= 4 is 6.09 Å². The fraction of sp³-hybridized carbons (Fsp3) is 0.938. The first-order valence-electron chi connectivity index (χ1n) is 8.11. The minimum atomic E-state index is -1.18. The standard InChI is InChI=1S/C16H33FN2O4/c1-15(2,3)23-14(20)19-8-6-9-21-10-7-11-22-16(4,5)13(17)12-18/h13H,6-12,18H2,1-5H3,(H,19,20). The molecule has 0 fully saturated rings. The van der Waals surface area contributed by atoms with Crippen LogP contribution in [-0.4, -0.2) is 56.4 Å². The number of ether oxygens (including phenoxy) is 3. The van der Waals surface area contributed by atoms with Gasteiger partial charge in [-0.25, -0.2) is 9.18 Å². The van der Waals surface area contributed by atoms with Crippen LogP contribution in [0.1, 0.15) is 47.5 Å². The molecule has 0 aromatic rings. The molecule has 0 aliphatic rings. The molecule has 0 aliphatic heterocycles. The minimum Gasteiger partial charge on any atom is -0.444 e. The second kappa shape index (κ2) is 10.8. The van der Waals surface area contributed by atoms with E-state index in [0.717, 1.165) is 0 Å². The van der Waals surface area contributed by atoms with Gasteiger partial charge in [0.05, 0.1) is 5.60 Å². The van der Waals surface area contributed by atoms with E-state index >= 15 is 0 Å². The largest absolute Gasteiger partial charge is 0.444 e. The fourth-order valence-electron chi connectivity index (χ4n) is 1.65. The molecule has 0 heterocycles. The number of hydrogen-bond donors (Lipinski definition) is 2. The van der Waals surface area contributed by atoms with E-state index in [-0.39, 0.29) is 6.54 Å². The van der Waals surface area contributed by atoms with Gasteiger partial charge >= 0.3 is 6.09 Å². The topological polar surface area (TPSA) is 82.8 Å². The van der Waals surface area contributed by atoms with Gasteiger partial charge in [-0.1, -0.05) is 0 Å². The van der Waals surface area contributed by atoms with Crippen molar-refractivity contribution in [1.82, 2.24) is 5.32 Å². The third-order valence-electron chi connectivity index (χ3n) is 3.00. The molecule has 1 amide bonds. The van der Waals surface area contributed by atoms with Crippen molar-refractivity contribution < 1.29 is 23.4 Å². The Morgan fingerprint density at radius 1 is 1.13 bits per heavy atom. The number of alkyl carbamates (subject to hydrolysis) is 1. The summed E-state index contributed by atoms with van der Waals surface area (Å²) in [5.74, 6) is 0. The van der Waals surface area contributed by atoms with Crippen LogP contribution in [0.4, 0.5) is 9.18 Å². The predicted octanol–water partition coefficient (Wildman–Crippen LogP) is 2.40. The number of alkyl halides is 1. The van der Waals surface area contributed by atoms with Gasteiger partial charge in [0.2, 0.25) is 0 Å². The molecular formula is C16H33FN2O4. The Bertz CT molecular complexity index is 333. The second-order valence-corrected chi connectivity index (χ2v) is 6.90. The van der Waals surface area contributed by atoms with E-state index in [9.17, 15) is 9.18 Å². The Kier molecular flexibility index (Phi) is 10.3. The predicted molar refractivity (Wildman–Crippen MR) is 88.3 cm³/mol. The number of rotatable bonds is 11. The molecule has 0 aromatic carbocycles. The Labute approximate surface area is 139 Å². The number of halogens is 1. The van der Waals surface area contributed by atoms with Gasteiger partial charge in [0.25, 0.3) is 0 Å². The molecule has 0 aromatic heterocycles. The molecule has 7 heteroatoms. The summed E-state index contributed by atoms with van der Waals surface area (Å²) in [6.07, 6.45) is -0.220. The van der Waals surface area contributed by atoms with Crippen LogP contribution in [0.25, 0.3) is 0 Å². The highest BCUT2D eigenvalue weighted by Gasteiger charge is 2.28. The normalized spacial score (nSPS) is 13.7. The van der Waals surface area contributed by atoms with Crippen molar-refractivity contribution in [2.24, 2.45) is 5.73 Å². The highest BCUT2D eigenvalue weighted by molar-refractivity contribution is 5.67. The lowest BCUT2D eigenvalue weighted by Crippen LogP contribution is -2.41. The Hall–Kier alpha value is -0.920. The quantitative estimate of drug-likeness (QED) is 0.566. The highest BCUT2D eigenvalue weighted by Crippen LogP contribution is 2.17. The molecule has 0 rings (SSSR count). The number of nitrogens with one attached hydrogen (secondary N) is 1. The Balaban J connectivity index is 3.49. The number of amides is 1. The molecule has 0 bridgehead atoms. The summed E-state index contributed by atoms with van der Waals surface area (Å²) < 4.78 is 29.5. The SMILES string of the molecule is CC(C)(C)OC(=O)NCCCOCCCOC(C)(C)C(F)CN. The van der Waals surface area contributed by atoms with Gasteiger partial charge in [0.1, 0.15) is 11.8 Å². The van der Waals surface area contributed by atoms with Crippen LogP contribution in [0.5, 0.6) is 0 Å². The first-order valence-corrected chi connectivity index (χ1v) is 8.11. The van der Waals surface area contributed by atoms with E-state index in [0.29, 0.717) is 39.2 Å². The molecular weight excluding hydrogens is 303 g/mol. The third kappa shape index (κ3) is 12.2. The fourth-order valence-corrected chi connectivity index (χ4v) is 1.65. The summed E-state index contributed by atoms with van der Waals surface area (Å²) >= 11 is 0. The van der Waals surface area contributed by atoms with E-state index in [1.54, 1.807) is 13.8 Å². The summed E-state index contributed by atoms with van der Waals surface area (Å²) in [6.45, 7) is 10.8. The molecule has 6 nitrogen and oxygen atoms in total. The molecule has 138 valence electrons. The van der Waals surface area contributed by atoms with Crippen LogP contribution in [0.3, 0.4) is 0 Å². The van der Waals surface area contributed by atoms with E-state index in [2.05, 4.69) is 5.32 Å². The van der Waals surface area contributed by atoms with E-state index in [1.807, 2.05) is 20.8 Å². The number of carbonyl (C=O) groups excluding carboxylic acids is 1. The van der Waals surface area contributed by atoms with Crippen molar-refractivity contribution in [2.75, 3.05) is 32.9 Å². The van der Waals surface area contributed by atoms with Crippen LogP contribution in [0.15, 0.2) is 0 Å². The maximum atomic E-state index is 13.5. The van der Waals surface area contributed by atoms with Crippen LogP contribution >= 0.6 is 0 Å². The maximum Gasteiger partial charge on any atom is 0.407 e. The first-order chi connectivity index (χ1) is 10.6. The van der Waals surface area contributed by atoms with Gasteiger partial charge in [-0.05, 0) is 47.5 Å². The van der Waals surface area contributed by atoms with Gasteiger partial charge in [-0.3, -0.25) is 0 Å². The summed E-state index contributed by atoms with van der Waals surface area (Å²) in [6, 6.07) is 0. The number of carbonyl (C=O) groups is 1. The lowest BCUT2D eigenvalue weighted by atomic mass is 10.0. The average molecular weight is 336 g/mol. The molecule has 23 heavy (non-hydrogen) atoms. The zero-order valence-corrected chi connectivity index (χ0v) is 15.1. The zero-order valence-electron chi connectivity index (χ0n) is 15.1. The minimum absolute atomic E-state index is 0.0475. The molecule has 0 radical (unpaired) electrons. The third-order valence-corrected chi connectivity index (χ3v) is 3.00. The molecule has 1 unspecified atom stereocenters. The maximum absolute atomic E-state index is 13.5. The molecule has 3 N–H and O–H groups in total. The summed E-state index contributed by atoms with van der Waals surface area (Å²) in [5, 5.41) is 2.66. The lowest BCUT2D eigenvalue weighted by Gasteiger charge is -2.28. The monoisotopic (exact) mass is 336 g/mol. The summed E-state index contributed by atoms with van der Waals surface area (Å²) in [4.78, 5) is 11.4. The van der Waals surface area contributed by atoms with Crippen molar-refractivity contribution in [3.05, 3.63) is 0 Å². The molecule has 0 saturated heterocycles. The van der Waals surface area contributed by atoms with Gasteiger partial charge in [-0.15, -0.1) is 0 Å². The highest BCUT2D eigenvalue weighted by atomic mass is 19.1. The van der Waals surface area contributed by atoms with E-state index in [4.69, 9.17) is 19.9 Å². The average Bonchev–Trinajstić information content (AvgIpc) is 2.42. The zero-order chi connectivity index (χ0) is 17.9. The van der Waals surface area contributed by atoms with Gasteiger partial charge in [0, 0.05) is 32.9 Å². The lowest BCUT2D eigenvalue weighted by molar-refractivity contribution is -0.0730. The molecule has 0 saturated carbocycles. The second-order valence-electron chi connectivity index (χ2n) is 6.90. The van der Waals surface area contributed by atoms with Crippen molar-refractivity contribution in [3.63, 3.8) is 0 Å². The molecule has 0 spiro atoms. The van der Waals surface area contributed by atoms with Crippen LogP contribution in [0, 0.1) is 0 Å². The van der Waals surface area contributed by atoms with Crippen molar-refractivity contribution in [1.29, 1.82) is 0 Å². The van der Waals surface area contributed by atoms with E-state index < -0.39 is 23.5 Å². The van der Waals surface area contributed by atoms with Crippen LogP contribution < -0.4 is 11.1 Å². The summed E-state index contributed by atoms with van der Waals surface area (Å²) in [5.41, 5.74) is 3.93. The number of hydrogen-bond acceptors (Lipinski definition) is 5. The van der Waals surface area contributed by atoms with Gasteiger partial charge in [-0.2, -0.15) is 0 Å². The smallest absolute Gasteiger partial charge is 0.407 e.